The van der Waals surface area contributed by atoms with Crippen molar-refractivity contribution in [1.29, 1.82) is 0 Å². The van der Waals surface area contributed by atoms with E-state index in [1.54, 1.807) is 11.6 Å². The lowest BCUT2D eigenvalue weighted by molar-refractivity contribution is -0.145. The van der Waals surface area contributed by atoms with Gasteiger partial charge in [0.1, 0.15) is 11.5 Å². The van der Waals surface area contributed by atoms with Gasteiger partial charge in [-0.1, -0.05) is 36.4 Å². The average molecular weight is 447 g/mol. The first kappa shape index (κ1) is 22.1. The Labute approximate surface area is 191 Å². The Kier molecular flexibility index (Phi) is 5.91. The summed E-state index contributed by atoms with van der Waals surface area (Å²) in [5.74, 6) is -1.96. The van der Waals surface area contributed by atoms with Crippen LogP contribution in [-0.4, -0.2) is 35.9 Å². The van der Waals surface area contributed by atoms with Crippen molar-refractivity contribution < 1.29 is 23.8 Å². The maximum Gasteiger partial charge on any atom is 0.340 e. The third-order valence-corrected chi connectivity index (χ3v) is 5.65. The van der Waals surface area contributed by atoms with Crippen LogP contribution in [0, 0.1) is 20.8 Å². The summed E-state index contributed by atoms with van der Waals surface area (Å²) in [6.45, 7) is 5.65. The van der Waals surface area contributed by atoms with Crippen LogP contribution in [0.15, 0.2) is 60.0 Å². The summed E-state index contributed by atoms with van der Waals surface area (Å²) in [6, 6.07) is 15.2. The quantitative estimate of drug-likeness (QED) is 0.592. The zero-order chi connectivity index (χ0) is 23.7. The van der Waals surface area contributed by atoms with Crippen LogP contribution in [0.5, 0.6) is 5.88 Å². The fourth-order valence-corrected chi connectivity index (χ4v) is 4.01. The summed E-state index contributed by atoms with van der Waals surface area (Å²) in [6.07, 6.45) is 0. The second kappa shape index (κ2) is 8.82. The highest BCUT2D eigenvalue weighted by Crippen LogP contribution is 2.44. The number of para-hydroxylation sites is 2. The van der Waals surface area contributed by atoms with Gasteiger partial charge in [0.15, 0.2) is 0 Å². The van der Waals surface area contributed by atoms with Gasteiger partial charge in [0.25, 0.3) is 0 Å². The molecule has 1 N–H and O–H groups in total. The van der Waals surface area contributed by atoms with Gasteiger partial charge in [-0.2, -0.15) is 5.10 Å². The average Bonchev–Trinajstić information content (AvgIpc) is 3.16. The second-order valence-corrected chi connectivity index (χ2v) is 7.74. The van der Waals surface area contributed by atoms with Crippen LogP contribution in [0.3, 0.4) is 0 Å². The molecule has 1 aliphatic rings. The predicted molar refractivity (Wildman–Crippen MR) is 122 cm³/mol. The van der Waals surface area contributed by atoms with E-state index in [-0.39, 0.29) is 11.5 Å². The fourth-order valence-electron chi connectivity index (χ4n) is 4.01. The Morgan fingerprint density at radius 1 is 0.970 bits per heavy atom. The zero-order valence-corrected chi connectivity index (χ0v) is 19.1. The van der Waals surface area contributed by atoms with E-state index in [1.807, 2.05) is 62.4 Å². The van der Waals surface area contributed by atoms with Gasteiger partial charge < -0.3 is 19.5 Å². The molecular formula is C25H25N3O5. The topological polar surface area (TPSA) is 91.7 Å². The maximum absolute atomic E-state index is 13.0. The summed E-state index contributed by atoms with van der Waals surface area (Å²) >= 11 is 0. The third-order valence-electron chi connectivity index (χ3n) is 5.65. The van der Waals surface area contributed by atoms with E-state index in [4.69, 9.17) is 14.2 Å². The van der Waals surface area contributed by atoms with Gasteiger partial charge in [-0.25, -0.2) is 9.48 Å². The highest BCUT2D eigenvalue weighted by Gasteiger charge is 2.44. The molecule has 0 amide bonds. The lowest BCUT2D eigenvalue weighted by Crippen LogP contribution is -2.31. The highest BCUT2D eigenvalue weighted by atomic mass is 16.5. The van der Waals surface area contributed by atoms with Crippen LogP contribution in [0.4, 0.5) is 5.69 Å². The monoisotopic (exact) mass is 447 g/mol. The third kappa shape index (κ3) is 3.84. The van der Waals surface area contributed by atoms with E-state index in [9.17, 15) is 9.59 Å². The van der Waals surface area contributed by atoms with E-state index < -0.39 is 17.9 Å². The Hall–Kier alpha value is -4.07. The number of rotatable bonds is 5. The van der Waals surface area contributed by atoms with Gasteiger partial charge in [-0.05, 0) is 44.0 Å². The molecule has 0 saturated carbocycles. The first-order chi connectivity index (χ1) is 15.9. The van der Waals surface area contributed by atoms with Gasteiger partial charge in [0.2, 0.25) is 11.8 Å². The molecule has 1 aliphatic heterocycles. The fraction of sp³-hybridized carbons (Fsp3) is 0.240. The van der Waals surface area contributed by atoms with Gasteiger partial charge in [0.05, 0.1) is 31.2 Å². The number of nitrogens with one attached hydrogen (secondary N) is 1. The molecule has 1 unspecified atom stereocenters. The van der Waals surface area contributed by atoms with Crippen molar-refractivity contribution in [2.75, 3.05) is 19.5 Å². The molecule has 4 rings (SSSR count). The van der Waals surface area contributed by atoms with E-state index in [2.05, 4.69) is 10.4 Å². The molecule has 8 nitrogen and oxygen atoms in total. The first-order valence-corrected chi connectivity index (χ1v) is 10.4. The molecular weight excluding hydrogens is 422 g/mol. The number of hydrogen-bond donors (Lipinski definition) is 1. The normalized spacial score (nSPS) is 14.9. The van der Waals surface area contributed by atoms with Crippen molar-refractivity contribution >= 4 is 17.6 Å². The molecule has 0 spiro atoms. The molecule has 0 saturated heterocycles. The van der Waals surface area contributed by atoms with Crippen molar-refractivity contribution in [3.63, 3.8) is 0 Å². The van der Waals surface area contributed by atoms with Gasteiger partial charge >= 0.3 is 11.9 Å². The van der Waals surface area contributed by atoms with Gasteiger partial charge in [0, 0.05) is 5.69 Å². The number of methoxy groups -OCH3 is 2. The molecule has 170 valence electrons. The smallest absolute Gasteiger partial charge is 0.340 e. The maximum atomic E-state index is 13.0. The number of hydrogen-bond acceptors (Lipinski definition) is 7. The summed E-state index contributed by atoms with van der Waals surface area (Å²) in [7, 11) is 2.54. The predicted octanol–water partition coefficient (Wildman–Crippen LogP) is 3.94. The number of benzene rings is 2. The molecule has 0 bridgehead atoms. The van der Waals surface area contributed by atoms with Gasteiger partial charge in [-0.15, -0.1) is 0 Å². The Bertz CT molecular complexity index is 1240. The van der Waals surface area contributed by atoms with Gasteiger partial charge in [-0.3, -0.25) is 4.79 Å². The number of esters is 2. The number of carbonyl (C=O) groups excluding carboxylic acids is 2. The molecule has 33 heavy (non-hydrogen) atoms. The van der Waals surface area contributed by atoms with Crippen LogP contribution >= 0.6 is 0 Å². The zero-order valence-electron chi connectivity index (χ0n) is 19.1. The molecule has 2 aromatic carbocycles. The Balaban J connectivity index is 1.96. The number of fused-ring (bicyclic) bond motifs is 1. The van der Waals surface area contributed by atoms with E-state index in [0.29, 0.717) is 17.1 Å². The van der Waals surface area contributed by atoms with E-state index >= 15 is 0 Å². The van der Waals surface area contributed by atoms with Crippen LogP contribution in [-0.2, 0) is 19.1 Å². The number of aromatic nitrogens is 2. The van der Waals surface area contributed by atoms with Crippen LogP contribution in [0.25, 0.3) is 5.69 Å². The van der Waals surface area contributed by atoms with Crippen molar-refractivity contribution in [3.05, 3.63) is 82.4 Å². The van der Waals surface area contributed by atoms with E-state index in [0.717, 1.165) is 22.5 Å². The molecule has 3 aromatic rings. The van der Waals surface area contributed by atoms with E-state index in [1.165, 1.54) is 14.2 Å². The highest BCUT2D eigenvalue weighted by molar-refractivity contribution is 6.00. The number of carbonyl (C=O) groups is 2. The van der Waals surface area contributed by atoms with Crippen molar-refractivity contribution in [2.24, 2.45) is 0 Å². The molecule has 2 heterocycles. The number of nitrogens with zero attached hydrogens (tertiary/aromatic N) is 2. The van der Waals surface area contributed by atoms with Crippen molar-refractivity contribution in [1.82, 2.24) is 9.78 Å². The molecule has 8 heteroatoms. The summed E-state index contributed by atoms with van der Waals surface area (Å²) in [5, 5.41) is 7.83. The molecule has 0 fully saturated rings. The molecule has 1 aromatic heterocycles. The summed E-state index contributed by atoms with van der Waals surface area (Å²) in [5.41, 5.74) is 4.43. The molecule has 1 atom stereocenters. The summed E-state index contributed by atoms with van der Waals surface area (Å²) < 4.78 is 18.0. The Morgan fingerprint density at radius 2 is 1.64 bits per heavy atom. The number of anilines is 1. The standard InChI is InChI=1S/C25H25N3O5/c1-14-10-9-11-15(2)21(14)26-22-20(25(30)32-5)19(24(29)31-4)18-16(3)27-28(23(18)33-22)17-12-7-6-8-13-17/h6-13,19,26H,1-5H3. The minimum absolute atomic E-state index is 0.0233. The van der Waals surface area contributed by atoms with Crippen LogP contribution < -0.4 is 10.1 Å². The minimum atomic E-state index is -1.07. The lowest BCUT2D eigenvalue weighted by Gasteiger charge is -2.27. The SMILES string of the molecule is COC(=O)C1=C(Nc2c(C)cccc2C)Oc2c(c(C)nn2-c2ccccc2)C1C(=O)OC. The molecule has 0 aliphatic carbocycles. The van der Waals surface area contributed by atoms with Crippen molar-refractivity contribution in [3.8, 4) is 11.6 Å². The van der Waals surface area contributed by atoms with Crippen LogP contribution in [0.1, 0.15) is 28.3 Å². The summed E-state index contributed by atoms with van der Waals surface area (Å²) in [4.78, 5) is 25.9. The first-order valence-electron chi connectivity index (χ1n) is 10.4. The number of ether oxygens (including phenoxy) is 3. The second-order valence-electron chi connectivity index (χ2n) is 7.74. The Morgan fingerprint density at radius 3 is 2.24 bits per heavy atom. The van der Waals surface area contributed by atoms with Crippen LogP contribution in [0.2, 0.25) is 0 Å². The number of aryl methyl sites for hydroxylation is 3. The largest absolute Gasteiger partial charge is 0.468 e. The minimum Gasteiger partial charge on any atom is -0.468 e. The molecule has 0 radical (unpaired) electrons. The van der Waals surface area contributed by atoms with Crippen molar-refractivity contribution in [2.45, 2.75) is 26.7 Å². The lowest BCUT2D eigenvalue weighted by atomic mass is 9.89.